The van der Waals surface area contributed by atoms with E-state index in [1.807, 2.05) is 0 Å². The number of anilines is 2. The number of H-pyrrole nitrogens is 2. The fourth-order valence-corrected chi connectivity index (χ4v) is 6.33. The van der Waals surface area contributed by atoms with E-state index in [2.05, 4.69) is 50.5 Å². The highest BCUT2D eigenvalue weighted by molar-refractivity contribution is 7.98. The minimum atomic E-state index is -0.667. The summed E-state index contributed by atoms with van der Waals surface area (Å²) in [5.41, 5.74) is 1.08. The second-order valence-electron chi connectivity index (χ2n) is 10.5. The van der Waals surface area contributed by atoms with Gasteiger partial charge in [-0.1, -0.05) is 71.0 Å². The standard InChI is InChI=1S/C16H15ClFN5O3S.C15H13ClFN5O2S/c17-10-3-1-2-8(12(10)18)7-27-16-22-14(20-9(5-24)6-25)13-15(23-16)21-11(26)4-19-13;16-9-3-1-2-8(11(9)17)7-25-15-21-13(18-4-5-23)12-14(22-15)20-10(24)6-19-12/h1-4,9,24-25H,5-7H2,(H2,20,21,22,23,26);1-3,6,23H,4-5,7H2,(H2,18,20,21,22,24). The number of aromatic nitrogens is 8. The van der Waals surface area contributed by atoms with Crippen LogP contribution in [0.25, 0.3) is 22.3 Å². The largest absolute Gasteiger partial charge is 0.395 e. The topological polar surface area (TPSA) is 228 Å². The molecule has 52 heavy (non-hydrogen) atoms. The van der Waals surface area contributed by atoms with E-state index in [0.29, 0.717) is 27.6 Å². The molecule has 0 radical (unpaired) electrons. The molecule has 6 rings (SSSR count). The molecule has 7 N–H and O–H groups in total. The van der Waals surface area contributed by atoms with Gasteiger partial charge in [0.2, 0.25) is 0 Å². The van der Waals surface area contributed by atoms with Gasteiger partial charge in [0, 0.05) is 18.1 Å². The summed E-state index contributed by atoms with van der Waals surface area (Å²) in [6.45, 7) is -0.492. The van der Waals surface area contributed by atoms with E-state index in [-0.39, 0.29) is 75.7 Å². The molecule has 0 spiro atoms. The summed E-state index contributed by atoms with van der Waals surface area (Å²) in [7, 11) is 0. The Balaban J connectivity index is 0.000000202. The molecule has 4 aromatic heterocycles. The lowest BCUT2D eigenvalue weighted by Gasteiger charge is -2.15. The minimum absolute atomic E-state index is 0.0251. The predicted octanol–water partition coefficient (Wildman–Crippen LogP) is 3.77. The quantitative estimate of drug-likeness (QED) is 0.0653. The van der Waals surface area contributed by atoms with Gasteiger partial charge in [-0.15, -0.1) is 0 Å². The van der Waals surface area contributed by atoms with Gasteiger partial charge in [-0.3, -0.25) is 9.59 Å². The first-order valence-corrected chi connectivity index (χ1v) is 17.8. The van der Waals surface area contributed by atoms with Crippen molar-refractivity contribution in [3.8, 4) is 0 Å². The van der Waals surface area contributed by atoms with E-state index < -0.39 is 28.8 Å². The molecule has 21 heteroatoms. The Morgan fingerprint density at radius 1 is 0.731 bits per heavy atom. The van der Waals surface area contributed by atoms with E-state index in [0.717, 1.165) is 24.2 Å². The monoisotopic (exact) mass is 792 g/mol. The number of fused-ring (bicyclic) bond motifs is 2. The number of aliphatic hydroxyl groups excluding tert-OH is 3. The zero-order valence-electron chi connectivity index (χ0n) is 26.6. The summed E-state index contributed by atoms with van der Waals surface area (Å²) in [6.07, 6.45) is 2.21. The third-order valence-corrected chi connectivity index (χ3v) is 9.17. The van der Waals surface area contributed by atoms with Crippen molar-refractivity contribution in [2.75, 3.05) is 37.0 Å². The van der Waals surface area contributed by atoms with Crippen LogP contribution in [0.3, 0.4) is 0 Å². The molecule has 0 saturated heterocycles. The van der Waals surface area contributed by atoms with Crippen molar-refractivity contribution < 1.29 is 24.1 Å². The number of thioether (sulfide) groups is 2. The van der Waals surface area contributed by atoms with E-state index in [1.54, 1.807) is 24.3 Å². The van der Waals surface area contributed by atoms with Crippen LogP contribution in [-0.2, 0) is 11.5 Å². The molecule has 4 heterocycles. The lowest BCUT2D eigenvalue weighted by atomic mass is 10.2. The maximum atomic E-state index is 14.0. The Morgan fingerprint density at radius 2 is 1.21 bits per heavy atom. The molecular formula is C31H28Cl2F2N10O5S2. The molecule has 15 nitrogen and oxygen atoms in total. The highest BCUT2D eigenvalue weighted by Crippen LogP contribution is 2.29. The number of aromatic amines is 2. The number of benzene rings is 2. The van der Waals surface area contributed by atoms with Gasteiger partial charge in [-0.05, 0) is 23.3 Å². The zero-order valence-corrected chi connectivity index (χ0v) is 29.8. The first kappa shape index (κ1) is 38.7. The van der Waals surface area contributed by atoms with E-state index in [9.17, 15) is 28.6 Å². The lowest BCUT2D eigenvalue weighted by Crippen LogP contribution is -2.28. The van der Waals surface area contributed by atoms with E-state index >= 15 is 0 Å². The number of rotatable bonds is 13. The molecule has 0 aliphatic rings. The zero-order chi connectivity index (χ0) is 37.2. The number of nitrogens with zero attached hydrogens (tertiary/aromatic N) is 6. The van der Waals surface area contributed by atoms with Gasteiger partial charge in [-0.25, -0.2) is 38.7 Å². The van der Waals surface area contributed by atoms with Gasteiger partial charge < -0.3 is 35.9 Å². The van der Waals surface area contributed by atoms with Crippen LogP contribution >= 0.6 is 46.7 Å². The molecule has 0 atom stereocenters. The predicted molar refractivity (Wildman–Crippen MR) is 195 cm³/mol. The van der Waals surface area contributed by atoms with Crippen LogP contribution in [0.4, 0.5) is 20.4 Å². The Hall–Kier alpha value is -4.50. The molecule has 272 valence electrons. The summed E-state index contributed by atoms with van der Waals surface area (Å²) in [6, 6.07) is 8.81. The van der Waals surface area contributed by atoms with Crippen molar-refractivity contribution in [1.29, 1.82) is 0 Å². The van der Waals surface area contributed by atoms with Crippen molar-refractivity contribution in [3.05, 3.63) is 102 Å². The molecular weight excluding hydrogens is 765 g/mol. The van der Waals surface area contributed by atoms with E-state index in [4.69, 9.17) is 28.3 Å². The number of halogens is 4. The van der Waals surface area contributed by atoms with Crippen LogP contribution in [0.15, 0.2) is 68.7 Å². The third kappa shape index (κ3) is 9.88. The van der Waals surface area contributed by atoms with Crippen LogP contribution in [0, 0.1) is 11.6 Å². The number of hydrogen-bond donors (Lipinski definition) is 7. The average molecular weight is 794 g/mol. The molecule has 2 aromatic carbocycles. The minimum Gasteiger partial charge on any atom is -0.395 e. The van der Waals surface area contributed by atoms with Crippen molar-refractivity contribution in [2.45, 2.75) is 27.9 Å². The molecule has 0 amide bonds. The third-order valence-electron chi connectivity index (χ3n) is 6.79. The first-order chi connectivity index (χ1) is 25.1. The van der Waals surface area contributed by atoms with Crippen molar-refractivity contribution in [2.24, 2.45) is 0 Å². The Labute approximate surface area is 310 Å². The number of aliphatic hydroxyl groups is 3. The summed E-state index contributed by atoms with van der Waals surface area (Å²) >= 11 is 13.9. The molecule has 0 bridgehead atoms. The molecule has 6 aromatic rings. The maximum absolute atomic E-state index is 14.0. The normalized spacial score (nSPS) is 11.2. The van der Waals surface area contributed by atoms with Crippen molar-refractivity contribution >= 4 is 80.7 Å². The fourth-order valence-electron chi connectivity index (χ4n) is 4.31. The number of hydrogen-bond acceptors (Lipinski definition) is 15. The first-order valence-electron chi connectivity index (χ1n) is 15.1. The van der Waals surface area contributed by atoms with Crippen LogP contribution in [0.2, 0.25) is 10.0 Å². The Morgan fingerprint density at radius 3 is 1.69 bits per heavy atom. The van der Waals surface area contributed by atoms with Crippen LogP contribution < -0.4 is 21.8 Å². The van der Waals surface area contributed by atoms with Gasteiger partial charge in [0.25, 0.3) is 11.1 Å². The van der Waals surface area contributed by atoms with Gasteiger partial charge in [0.05, 0.1) is 48.3 Å². The molecule has 0 aliphatic carbocycles. The van der Waals surface area contributed by atoms with Crippen LogP contribution in [0.5, 0.6) is 0 Å². The van der Waals surface area contributed by atoms with Gasteiger partial charge in [0.15, 0.2) is 33.2 Å². The van der Waals surface area contributed by atoms with Gasteiger partial charge >= 0.3 is 0 Å². The SMILES string of the molecule is O=c1cnc2c(NC(CO)CO)nc(SCc3cccc(Cl)c3F)nc2[nH]1.O=c1cnc2c(NCCO)nc(SCc3cccc(Cl)c3F)nc2[nH]1. The summed E-state index contributed by atoms with van der Waals surface area (Å²) in [4.78, 5) is 53.3. The van der Waals surface area contributed by atoms with Crippen LogP contribution in [-0.4, -0.2) is 87.6 Å². The summed E-state index contributed by atoms with van der Waals surface area (Å²) < 4.78 is 28.0. The highest BCUT2D eigenvalue weighted by atomic mass is 35.5. The fraction of sp³-hybridized carbons (Fsp3) is 0.226. The van der Waals surface area contributed by atoms with Crippen molar-refractivity contribution in [3.63, 3.8) is 0 Å². The second-order valence-corrected chi connectivity index (χ2v) is 13.2. The Bertz CT molecular complexity index is 2300. The highest BCUT2D eigenvalue weighted by Gasteiger charge is 2.16. The van der Waals surface area contributed by atoms with Crippen LogP contribution in [0.1, 0.15) is 11.1 Å². The molecule has 0 unspecified atom stereocenters. The number of nitrogens with one attached hydrogen (secondary N) is 4. The summed E-state index contributed by atoms with van der Waals surface area (Å²) in [5, 5.41) is 34.0. The smallest absolute Gasteiger partial charge is 0.268 e. The van der Waals surface area contributed by atoms with E-state index in [1.165, 1.54) is 23.9 Å². The second kappa shape index (κ2) is 18.3. The lowest BCUT2D eigenvalue weighted by molar-refractivity contribution is 0.203. The average Bonchev–Trinajstić information content (AvgIpc) is 3.13. The van der Waals surface area contributed by atoms with Gasteiger partial charge in [0.1, 0.15) is 22.7 Å². The molecule has 0 fully saturated rings. The Kier molecular flexibility index (Phi) is 13.6. The maximum Gasteiger partial charge on any atom is 0.268 e. The summed E-state index contributed by atoms with van der Waals surface area (Å²) in [5.74, 6) is 0.100. The van der Waals surface area contributed by atoms with Gasteiger partial charge in [-0.2, -0.15) is 0 Å². The van der Waals surface area contributed by atoms with Crippen molar-refractivity contribution in [1.82, 2.24) is 39.9 Å². The molecule has 0 saturated carbocycles. The molecule has 0 aliphatic heterocycles.